The van der Waals surface area contributed by atoms with E-state index >= 15 is 0 Å². The number of anilines is 1. The van der Waals surface area contributed by atoms with Gasteiger partial charge in [-0.1, -0.05) is 6.07 Å². The van der Waals surface area contributed by atoms with Crippen molar-refractivity contribution in [3.63, 3.8) is 0 Å². The van der Waals surface area contributed by atoms with Crippen molar-refractivity contribution in [2.75, 3.05) is 31.6 Å². The lowest BCUT2D eigenvalue weighted by atomic mass is 10.1. The largest absolute Gasteiger partial charge is 0.444 e. The van der Waals surface area contributed by atoms with Crippen molar-refractivity contribution in [2.24, 2.45) is 5.92 Å². The second kappa shape index (κ2) is 6.55. The molecule has 1 aliphatic rings. The lowest BCUT2D eigenvalue weighted by Gasteiger charge is -2.25. The van der Waals surface area contributed by atoms with Crippen molar-refractivity contribution >= 4 is 11.9 Å². The molecule has 2 heterocycles. The second-order valence-electron chi connectivity index (χ2n) is 7.16. The Kier molecular flexibility index (Phi) is 4.94. The molecule has 1 atom stereocenters. The average Bonchev–Trinajstić information content (AvgIpc) is 2.86. The van der Waals surface area contributed by atoms with Crippen molar-refractivity contribution in [1.29, 1.82) is 0 Å². The summed E-state index contributed by atoms with van der Waals surface area (Å²) in [7, 11) is 2.05. The van der Waals surface area contributed by atoms with Crippen LogP contribution in [0, 0.1) is 12.8 Å². The number of amides is 1. The van der Waals surface area contributed by atoms with Crippen molar-refractivity contribution in [3.8, 4) is 0 Å². The van der Waals surface area contributed by atoms with E-state index in [0.717, 1.165) is 37.4 Å². The van der Waals surface area contributed by atoms with E-state index in [1.54, 1.807) is 0 Å². The summed E-state index contributed by atoms with van der Waals surface area (Å²) >= 11 is 0. The summed E-state index contributed by atoms with van der Waals surface area (Å²) in [6.45, 7) is 10.2. The van der Waals surface area contributed by atoms with E-state index in [1.165, 1.54) is 0 Å². The molecule has 5 nitrogen and oxygen atoms in total. The number of ether oxygens (including phenoxy) is 1. The van der Waals surface area contributed by atoms with Crippen LogP contribution in [0.5, 0.6) is 0 Å². The minimum absolute atomic E-state index is 0.203. The van der Waals surface area contributed by atoms with Gasteiger partial charge in [0.15, 0.2) is 0 Å². The Hall–Kier alpha value is -1.78. The van der Waals surface area contributed by atoms with Crippen LogP contribution in [0.2, 0.25) is 0 Å². The maximum Gasteiger partial charge on any atom is 0.410 e. The van der Waals surface area contributed by atoms with Crippen LogP contribution in [-0.4, -0.2) is 48.3 Å². The molecule has 0 radical (unpaired) electrons. The quantitative estimate of drug-likeness (QED) is 0.861. The maximum absolute atomic E-state index is 12.1. The summed E-state index contributed by atoms with van der Waals surface area (Å²) in [4.78, 5) is 20.5. The summed E-state index contributed by atoms with van der Waals surface area (Å²) in [5.74, 6) is 1.43. The molecule has 0 aromatic carbocycles. The Bertz CT molecular complexity index is 508. The SMILES string of the molecule is Cc1ccc(N(C)C[C@@H]2CCN(C(=O)OC(C)(C)C)C2)nc1. The molecule has 0 bridgehead atoms. The summed E-state index contributed by atoms with van der Waals surface area (Å²) in [6.07, 6.45) is 2.69. The normalized spacial score (nSPS) is 18.4. The van der Waals surface area contributed by atoms with E-state index in [2.05, 4.69) is 16.0 Å². The van der Waals surface area contributed by atoms with Gasteiger partial charge in [0.1, 0.15) is 11.4 Å². The van der Waals surface area contributed by atoms with Crippen LogP contribution >= 0.6 is 0 Å². The number of carbonyl (C=O) groups is 1. The predicted molar refractivity (Wildman–Crippen MR) is 88.2 cm³/mol. The fourth-order valence-electron chi connectivity index (χ4n) is 2.64. The highest BCUT2D eigenvalue weighted by molar-refractivity contribution is 5.68. The first kappa shape index (κ1) is 16.6. The summed E-state index contributed by atoms with van der Waals surface area (Å²) < 4.78 is 5.43. The molecular formula is C17H27N3O2. The number of hydrogen-bond donors (Lipinski definition) is 0. The predicted octanol–water partition coefficient (Wildman–Crippen LogP) is 3.08. The molecule has 1 fully saturated rings. The van der Waals surface area contributed by atoms with E-state index in [4.69, 9.17) is 4.74 Å². The molecule has 1 aromatic rings. The van der Waals surface area contributed by atoms with Crippen LogP contribution in [0.3, 0.4) is 0 Å². The van der Waals surface area contributed by atoms with Gasteiger partial charge in [0.05, 0.1) is 0 Å². The molecule has 0 saturated carbocycles. The zero-order chi connectivity index (χ0) is 16.3. The van der Waals surface area contributed by atoms with Crippen molar-refractivity contribution in [1.82, 2.24) is 9.88 Å². The van der Waals surface area contributed by atoms with Crippen molar-refractivity contribution in [2.45, 2.75) is 39.7 Å². The maximum atomic E-state index is 12.1. The summed E-state index contributed by atoms with van der Waals surface area (Å²) in [5.41, 5.74) is 0.728. The highest BCUT2D eigenvalue weighted by atomic mass is 16.6. The van der Waals surface area contributed by atoms with Crippen LogP contribution in [0.4, 0.5) is 10.6 Å². The molecule has 0 aliphatic carbocycles. The smallest absolute Gasteiger partial charge is 0.410 e. The molecule has 1 aliphatic heterocycles. The standard InChI is InChI=1S/C17H27N3O2/c1-13-6-7-15(18-10-13)19(5)11-14-8-9-20(12-14)16(21)22-17(2,3)4/h6-7,10,14H,8-9,11-12H2,1-5H3/t14-/m0/s1. The van der Waals surface area contributed by atoms with Gasteiger partial charge in [0.2, 0.25) is 0 Å². The van der Waals surface area contributed by atoms with Gasteiger partial charge in [-0.3, -0.25) is 0 Å². The molecular weight excluding hydrogens is 278 g/mol. The number of hydrogen-bond acceptors (Lipinski definition) is 4. The van der Waals surface area contributed by atoms with Crippen LogP contribution in [-0.2, 0) is 4.74 Å². The minimum atomic E-state index is -0.433. The third-order valence-corrected chi connectivity index (χ3v) is 3.76. The molecule has 1 amide bonds. The molecule has 122 valence electrons. The molecule has 1 aromatic heterocycles. The van der Waals surface area contributed by atoms with Gasteiger partial charge in [0.25, 0.3) is 0 Å². The fraction of sp³-hybridized carbons (Fsp3) is 0.647. The Balaban J connectivity index is 1.85. The number of nitrogens with zero attached hydrogens (tertiary/aromatic N) is 3. The molecule has 5 heteroatoms. The van der Waals surface area contributed by atoms with E-state index in [-0.39, 0.29) is 6.09 Å². The van der Waals surface area contributed by atoms with Crippen LogP contribution in [0.15, 0.2) is 18.3 Å². The van der Waals surface area contributed by atoms with Gasteiger partial charge in [-0.2, -0.15) is 0 Å². The van der Waals surface area contributed by atoms with Gasteiger partial charge >= 0.3 is 6.09 Å². The molecule has 1 saturated heterocycles. The number of aromatic nitrogens is 1. The monoisotopic (exact) mass is 305 g/mol. The van der Waals surface area contributed by atoms with Crippen molar-refractivity contribution in [3.05, 3.63) is 23.9 Å². The van der Waals surface area contributed by atoms with Gasteiger partial charge in [0, 0.05) is 32.9 Å². The van der Waals surface area contributed by atoms with Gasteiger partial charge < -0.3 is 14.5 Å². The minimum Gasteiger partial charge on any atom is -0.444 e. The number of pyridine rings is 1. The zero-order valence-electron chi connectivity index (χ0n) is 14.3. The summed E-state index contributed by atoms with van der Waals surface area (Å²) in [5, 5.41) is 0. The van der Waals surface area contributed by atoms with E-state index in [1.807, 2.05) is 51.9 Å². The van der Waals surface area contributed by atoms with E-state index in [0.29, 0.717) is 5.92 Å². The first-order chi connectivity index (χ1) is 10.2. The molecule has 22 heavy (non-hydrogen) atoms. The van der Waals surface area contributed by atoms with E-state index in [9.17, 15) is 4.79 Å². The molecule has 0 unspecified atom stereocenters. The number of aryl methyl sites for hydroxylation is 1. The molecule has 0 N–H and O–H groups in total. The lowest BCUT2D eigenvalue weighted by molar-refractivity contribution is 0.0288. The van der Waals surface area contributed by atoms with Crippen molar-refractivity contribution < 1.29 is 9.53 Å². The van der Waals surface area contributed by atoms with Crippen LogP contribution < -0.4 is 4.90 Å². The third kappa shape index (κ3) is 4.61. The highest BCUT2D eigenvalue weighted by Crippen LogP contribution is 2.21. The first-order valence-corrected chi connectivity index (χ1v) is 7.86. The zero-order valence-corrected chi connectivity index (χ0v) is 14.3. The Morgan fingerprint density at radius 1 is 1.45 bits per heavy atom. The molecule has 2 rings (SSSR count). The van der Waals surface area contributed by atoms with Crippen LogP contribution in [0.1, 0.15) is 32.8 Å². The first-order valence-electron chi connectivity index (χ1n) is 7.86. The third-order valence-electron chi connectivity index (χ3n) is 3.76. The Labute approximate surface area is 133 Å². The van der Waals surface area contributed by atoms with Gasteiger partial charge in [-0.15, -0.1) is 0 Å². The highest BCUT2D eigenvalue weighted by Gasteiger charge is 2.30. The van der Waals surface area contributed by atoms with Gasteiger partial charge in [-0.05, 0) is 51.7 Å². The topological polar surface area (TPSA) is 45.7 Å². The van der Waals surface area contributed by atoms with Crippen LogP contribution in [0.25, 0.3) is 0 Å². The Morgan fingerprint density at radius 2 is 2.18 bits per heavy atom. The molecule has 0 spiro atoms. The van der Waals surface area contributed by atoms with E-state index < -0.39 is 5.60 Å². The van der Waals surface area contributed by atoms with Gasteiger partial charge in [-0.25, -0.2) is 9.78 Å². The number of rotatable bonds is 3. The Morgan fingerprint density at radius 3 is 2.77 bits per heavy atom. The number of carbonyl (C=O) groups excluding carboxylic acids is 1. The lowest BCUT2D eigenvalue weighted by Crippen LogP contribution is -2.36. The number of likely N-dealkylation sites (tertiary alicyclic amines) is 1. The average molecular weight is 305 g/mol. The summed E-state index contributed by atoms with van der Waals surface area (Å²) in [6, 6.07) is 4.11. The second-order valence-corrected chi connectivity index (χ2v) is 7.16. The fourth-order valence-corrected chi connectivity index (χ4v) is 2.64.